The van der Waals surface area contributed by atoms with Crippen LogP contribution in [-0.2, 0) is 6.42 Å². The van der Waals surface area contributed by atoms with Gasteiger partial charge in [-0.3, -0.25) is 4.99 Å². The second-order valence-electron chi connectivity index (χ2n) is 4.40. The van der Waals surface area contributed by atoms with Gasteiger partial charge < -0.3 is 15.6 Å². The SMILES string of the molecule is c1cnc2[nH]cc(CCNC3=NCCCN3)c2c1. The summed E-state index contributed by atoms with van der Waals surface area (Å²) in [6.07, 6.45) is 5.93. The van der Waals surface area contributed by atoms with Crippen LogP contribution in [0.25, 0.3) is 11.0 Å². The molecule has 1 aliphatic rings. The van der Waals surface area contributed by atoms with Crippen molar-refractivity contribution in [2.24, 2.45) is 4.99 Å². The van der Waals surface area contributed by atoms with Crippen LogP contribution in [0.1, 0.15) is 12.0 Å². The highest BCUT2D eigenvalue weighted by molar-refractivity contribution is 5.81. The average Bonchev–Trinajstić information content (AvgIpc) is 2.84. The molecule has 0 bridgehead atoms. The summed E-state index contributed by atoms with van der Waals surface area (Å²) in [7, 11) is 0. The van der Waals surface area contributed by atoms with Crippen LogP contribution in [-0.4, -0.2) is 35.6 Å². The van der Waals surface area contributed by atoms with Crippen molar-refractivity contribution in [2.45, 2.75) is 12.8 Å². The maximum atomic E-state index is 4.38. The number of H-pyrrole nitrogens is 1. The highest BCUT2D eigenvalue weighted by Gasteiger charge is 2.05. The van der Waals surface area contributed by atoms with Crippen LogP contribution >= 0.6 is 0 Å². The van der Waals surface area contributed by atoms with Gasteiger partial charge >= 0.3 is 0 Å². The first kappa shape index (κ1) is 11.1. The van der Waals surface area contributed by atoms with E-state index in [0.717, 1.165) is 44.1 Å². The summed E-state index contributed by atoms with van der Waals surface area (Å²) in [6, 6.07) is 4.07. The summed E-state index contributed by atoms with van der Waals surface area (Å²) in [5.74, 6) is 0.930. The third-order valence-corrected chi connectivity index (χ3v) is 3.12. The molecule has 0 radical (unpaired) electrons. The number of rotatable bonds is 3. The molecule has 0 aromatic carbocycles. The lowest BCUT2D eigenvalue weighted by Crippen LogP contribution is -2.41. The Balaban J connectivity index is 1.61. The zero-order valence-corrected chi connectivity index (χ0v) is 10.2. The minimum absolute atomic E-state index is 0.883. The van der Waals surface area contributed by atoms with E-state index in [1.165, 1.54) is 10.9 Å². The monoisotopic (exact) mass is 243 g/mol. The van der Waals surface area contributed by atoms with E-state index < -0.39 is 0 Å². The molecule has 3 heterocycles. The third kappa shape index (κ3) is 2.30. The minimum Gasteiger partial charge on any atom is -0.356 e. The van der Waals surface area contributed by atoms with E-state index in [9.17, 15) is 0 Å². The van der Waals surface area contributed by atoms with E-state index in [1.807, 2.05) is 18.5 Å². The minimum atomic E-state index is 0.883. The predicted octanol–water partition coefficient (Wildman–Crippen LogP) is 1.04. The smallest absolute Gasteiger partial charge is 0.191 e. The molecule has 1 aliphatic heterocycles. The summed E-state index contributed by atoms with van der Waals surface area (Å²) in [4.78, 5) is 11.9. The van der Waals surface area contributed by atoms with Gasteiger partial charge in [-0.15, -0.1) is 0 Å². The number of aromatic nitrogens is 2. The number of aromatic amines is 1. The van der Waals surface area contributed by atoms with Gasteiger partial charge in [0.1, 0.15) is 5.65 Å². The van der Waals surface area contributed by atoms with Crippen molar-refractivity contribution in [1.29, 1.82) is 0 Å². The largest absolute Gasteiger partial charge is 0.356 e. The van der Waals surface area contributed by atoms with Crippen molar-refractivity contribution < 1.29 is 0 Å². The van der Waals surface area contributed by atoms with E-state index in [0.29, 0.717) is 0 Å². The van der Waals surface area contributed by atoms with E-state index in [1.54, 1.807) is 0 Å². The molecule has 0 spiro atoms. The first-order valence-electron chi connectivity index (χ1n) is 6.36. The van der Waals surface area contributed by atoms with Crippen molar-refractivity contribution in [2.75, 3.05) is 19.6 Å². The van der Waals surface area contributed by atoms with Gasteiger partial charge in [-0.1, -0.05) is 0 Å². The molecule has 5 nitrogen and oxygen atoms in total. The van der Waals surface area contributed by atoms with Crippen molar-refractivity contribution in [3.05, 3.63) is 30.1 Å². The molecule has 0 saturated heterocycles. The molecule has 0 saturated carbocycles. The number of nitrogens with zero attached hydrogens (tertiary/aromatic N) is 2. The van der Waals surface area contributed by atoms with Crippen LogP contribution in [0.5, 0.6) is 0 Å². The first-order valence-corrected chi connectivity index (χ1v) is 6.36. The molecular weight excluding hydrogens is 226 g/mol. The summed E-state index contributed by atoms with van der Waals surface area (Å²) in [6.45, 7) is 2.82. The fourth-order valence-electron chi connectivity index (χ4n) is 2.19. The molecule has 5 heteroatoms. The van der Waals surface area contributed by atoms with E-state index in [4.69, 9.17) is 0 Å². The van der Waals surface area contributed by atoms with Crippen LogP contribution in [0.2, 0.25) is 0 Å². The van der Waals surface area contributed by atoms with E-state index in [-0.39, 0.29) is 0 Å². The number of guanidine groups is 1. The van der Waals surface area contributed by atoms with Crippen molar-refractivity contribution in [1.82, 2.24) is 20.6 Å². The molecule has 0 amide bonds. The summed E-state index contributed by atoms with van der Waals surface area (Å²) in [5.41, 5.74) is 2.25. The molecule has 94 valence electrons. The van der Waals surface area contributed by atoms with Crippen molar-refractivity contribution in [3.63, 3.8) is 0 Å². The van der Waals surface area contributed by atoms with Crippen LogP contribution in [0.15, 0.2) is 29.5 Å². The Morgan fingerprint density at radius 1 is 1.39 bits per heavy atom. The maximum Gasteiger partial charge on any atom is 0.191 e. The standard InChI is InChI=1S/C13H17N5/c1-3-11-10(9-18-12(11)14-5-1)4-8-17-13-15-6-2-7-16-13/h1,3,5,9H,2,4,6-8H2,(H,14,18)(H2,15,16,17). The number of aliphatic imine (C=N–C) groups is 1. The number of nitrogens with one attached hydrogen (secondary N) is 3. The Bertz CT molecular complexity index is 557. The zero-order chi connectivity index (χ0) is 12.2. The molecule has 0 aliphatic carbocycles. The van der Waals surface area contributed by atoms with Gasteiger partial charge in [0.2, 0.25) is 0 Å². The van der Waals surface area contributed by atoms with E-state index in [2.05, 4.69) is 31.7 Å². The highest BCUT2D eigenvalue weighted by atomic mass is 15.2. The van der Waals surface area contributed by atoms with E-state index >= 15 is 0 Å². The summed E-state index contributed by atoms with van der Waals surface area (Å²) >= 11 is 0. The first-order chi connectivity index (χ1) is 8.93. The Labute approximate surface area is 106 Å². The molecule has 2 aromatic heterocycles. The van der Waals surface area contributed by atoms with Crippen LogP contribution in [0.4, 0.5) is 0 Å². The Morgan fingerprint density at radius 2 is 2.39 bits per heavy atom. The topological polar surface area (TPSA) is 65.1 Å². The maximum absolute atomic E-state index is 4.38. The van der Waals surface area contributed by atoms with Gasteiger partial charge in [-0.05, 0) is 30.5 Å². The molecular formula is C13H17N5. The predicted molar refractivity (Wildman–Crippen MR) is 72.7 cm³/mol. The lowest BCUT2D eigenvalue weighted by atomic mass is 10.1. The van der Waals surface area contributed by atoms with Crippen molar-refractivity contribution in [3.8, 4) is 0 Å². The molecule has 3 rings (SSSR count). The zero-order valence-electron chi connectivity index (χ0n) is 10.2. The van der Waals surface area contributed by atoms with Gasteiger partial charge in [0.25, 0.3) is 0 Å². The Hall–Kier alpha value is -2.04. The molecule has 3 N–H and O–H groups in total. The average molecular weight is 243 g/mol. The Morgan fingerprint density at radius 3 is 3.28 bits per heavy atom. The number of pyridine rings is 1. The molecule has 0 atom stereocenters. The molecule has 0 unspecified atom stereocenters. The normalized spacial score (nSPS) is 15.2. The number of hydrogen-bond donors (Lipinski definition) is 3. The molecule has 18 heavy (non-hydrogen) atoms. The quantitative estimate of drug-likeness (QED) is 0.755. The second kappa shape index (κ2) is 5.08. The third-order valence-electron chi connectivity index (χ3n) is 3.12. The van der Waals surface area contributed by atoms with Crippen LogP contribution < -0.4 is 10.6 Å². The molecule has 0 fully saturated rings. The van der Waals surface area contributed by atoms with Gasteiger partial charge in [-0.25, -0.2) is 4.98 Å². The fourth-order valence-corrected chi connectivity index (χ4v) is 2.19. The summed E-state index contributed by atoms with van der Waals surface area (Å²) in [5, 5.41) is 7.79. The van der Waals surface area contributed by atoms with Gasteiger partial charge in [-0.2, -0.15) is 0 Å². The van der Waals surface area contributed by atoms with Gasteiger partial charge in [0.05, 0.1) is 0 Å². The summed E-state index contributed by atoms with van der Waals surface area (Å²) < 4.78 is 0. The van der Waals surface area contributed by atoms with Crippen LogP contribution in [0, 0.1) is 0 Å². The molecule has 2 aromatic rings. The van der Waals surface area contributed by atoms with Gasteiger partial charge in [0, 0.05) is 37.4 Å². The highest BCUT2D eigenvalue weighted by Crippen LogP contribution is 2.15. The van der Waals surface area contributed by atoms with Crippen LogP contribution in [0.3, 0.4) is 0 Å². The van der Waals surface area contributed by atoms with Crippen molar-refractivity contribution >= 4 is 17.0 Å². The lowest BCUT2D eigenvalue weighted by molar-refractivity contribution is 0.700. The Kier molecular flexibility index (Phi) is 3.12. The fraction of sp³-hybridized carbons (Fsp3) is 0.385. The lowest BCUT2D eigenvalue weighted by Gasteiger charge is -2.15. The van der Waals surface area contributed by atoms with Gasteiger partial charge in [0.15, 0.2) is 5.96 Å². The second-order valence-corrected chi connectivity index (χ2v) is 4.40. The number of hydrogen-bond acceptors (Lipinski definition) is 4. The number of fused-ring (bicyclic) bond motifs is 1.